The van der Waals surface area contributed by atoms with Crippen molar-refractivity contribution in [3.63, 3.8) is 0 Å². The minimum atomic E-state index is -4.05. The summed E-state index contributed by atoms with van der Waals surface area (Å²) in [6, 6.07) is 15.2. The third-order valence-corrected chi connectivity index (χ3v) is 10.1. The predicted octanol–water partition coefficient (Wildman–Crippen LogP) is 5.04. The van der Waals surface area contributed by atoms with Crippen molar-refractivity contribution in [2.75, 3.05) is 5.75 Å². The number of hydrogen-bond acceptors (Lipinski definition) is 6. The van der Waals surface area contributed by atoms with Crippen molar-refractivity contribution < 1.29 is 31.7 Å². The first-order valence-corrected chi connectivity index (χ1v) is 14.4. The van der Waals surface area contributed by atoms with E-state index in [1.807, 2.05) is 42.2 Å². The SMILES string of the molecule is CC12CCC([C@H](Br)C1=O)C2(C)CS(=O)(=O)O.O=C1OC=CN(Cc2ccccc2)C1c1ccc(F)cc1. The molecule has 2 aromatic carbocycles. The van der Waals surface area contributed by atoms with Crippen LogP contribution in [0.25, 0.3) is 0 Å². The van der Waals surface area contributed by atoms with Crippen LogP contribution in [0.4, 0.5) is 4.39 Å². The summed E-state index contributed by atoms with van der Waals surface area (Å²) in [6.45, 7) is 4.20. The molecule has 5 atom stereocenters. The van der Waals surface area contributed by atoms with Gasteiger partial charge in [0.05, 0.1) is 10.6 Å². The number of cyclic esters (lactones) is 1. The van der Waals surface area contributed by atoms with Gasteiger partial charge in [0.25, 0.3) is 10.1 Å². The number of Topliss-reactive ketones (excluding diaryl/α,β-unsaturated/α-hetero) is 1. The van der Waals surface area contributed by atoms with E-state index in [0.717, 1.165) is 12.0 Å². The largest absolute Gasteiger partial charge is 0.431 e. The van der Waals surface area contributed by atoms with E-state index in [4.69, 9.17) is 9.29 Å². The molecule has 10 heteroatoms. The minimum absolute atomic E-state index is 0.00641. The molecule has 2 bridgehead atoms. The topological polar surface area (TPSA) is 101 Å². The first-order valence-electron chi connectivity index (χ1n) is 11.9. The molecular weight excluding hydrogens is 565 g/mol. The number of carbonyl (C=O) groups excluding carboxylic acids is 2. The predicted molar refractivity (Wildman–Crippen MR) is 139 cm³/mol. The quantitative estimate of drug-likeness (QED) is 0.294. The van der Waals surface area contributed by atoms with Gasteiger partial charge in [-0.25, -0.2) is 9.18 Å². The van der Waals surface area contributed by atoms with Crippen molar-refractivity contribution in [2.24, 2.45) is 16.7 Å². The molecule has 4 unspecified atom stereocenters. The molecule has 1 N–H and O–H groups in total. The normalized spacial score (nSPS) is 30.6. The van der Waals surface area contributed by atoms with E-state index in [2.05, 4.69) is 15.9 Å². The second-order valence-electron chi connectivity index (χ2n) is 10.2. The molecule has 37 heavy (non-hydrogen) atoms. The fraction of sp³-hybridized carbons (Fsp3) is 0.407. The van der Waals surface area contributed by atoms with E-state index in [0.29, 0.717) is 18.5 Å². The van der Waals surface area contributed by atoms with E-state index >= 15 is 0 Å². The number of hydrogen-bond donors (Lipinski definition) is 1. The van der Waals surface area contributed by atoms with Gasteiger partial charge in [0.1, 0.15) is 12.1 Å². The third kappa shape index (κ3) is 5.37. The highest BCUT2D eigenvalue weighted by molar-refractivity contribution is 9.10. The van der Waals surface area contributed by atoms with Crippen LogP contribution in [0.3, 0.4) is 0 Å². The smallest absolute Gasteiger partial charge is 0.338 e. The van der Waals surface area contributed by atoms with Gasteiger partial charge in [-0.2, -0.15) is 8.42 Å². The summed E-state index contributed by atoms with van der Waals surface area (Å²) in [7, 11) is -4.05. The number of fused-ring (bicyclic) bond motifs is 2. The molecule has 5 rings (SSSR count). The number of halogens is 2. The number of rotatable bonds is 5. The van der Waals surface area contributed by atoms with Gasteiger partial charge in [0.15, 0.2) is 11.8 Å². The Kier molecular flexibility index (Phi) is 7.65. The van der Waals surface area contributed by atoms with E-state index in [1.165, 1.54) is 18.4 Å². The maximum Gasteiger partial charge on any atom is 0.338 e. The summed E-state index contributed by atoms with van der Waals surface area (Å²) < 4.78 is 49.3. The van der Waals surface area contributed by atoms with Gasteiger partial charge in [0, 0.05) is 23.6 Å². The highest BCUT2D eigenvalue weighted by Crippen LogP contribution is 2.65. The van der Waals surface area contributed by atoms with E-state index in [1.54, 1.807) is 25.3 Å². The Morgan fingerprint density at radius 2 is 1.76 bits per heavy atom. The first-order chi connectivity index (χ1) is 17.4. The molecule has 2 aliphatic carbocycles. The van der Waals surface area contributed by atoms with Crippen LogP contribution in [0, 0.1) is 22.6 Å². The third-order valence-electron chi connectivity index (χ3n) is 8.05. The highest BCUT2D eigenvalue weighted by Gasteiger charge is 2.68. The van der Waals surface area contributed by atoms with Crippen LogP contribution in [-0.2, 0) is 31.0 Å². The van der Waals surface area contributed by atoms with Gasteiger partial charge in [-0.05, 0) is 42.0 Å². The second-order valence-corrected chi connectivity index (χ2v) is 12.7. The average Bonchev–Trinajstić information content (AvgIpc) is 3.15. The lowest BCUT2D eigenvalue weighted by Crippen LogP contribution is -2.40. The number of alkyl halides is 1. The molecule has 3 aliphatic rings. The Morgan fingerprint density at radius 1 is 1.11 bits per heavy atom. The Morgan fingerprint density at radius 3 is 2.32 bits per heavy atom. The Balaban J connectivity index is 0.000000180. The molecule has 0 aromatic heterocycles. The van der Waals surface area contributed by atoms with E-state index in [-0.39, 0.29) is 34.1 Å². The van der Waals surface area contributed by atoms with Gasteiger partial charge < -0.3 is 9.64 Å². The lowest BCUT2D eigenvalue weighted by atomic mass is 9.70. The zero-order valence-corrected chi connectivity index (χ0v) is 22.9. The van der Waals surface area contributed by atoms with Crippen LogP contribution in [0.2, 0.25) is 0 Å². The number of ether oxygens (including phenoxy) is 1. The maximum atomic E-state index is 13.1. The summed E-state index contributed by atoms with van der Waals surface area (Å²) in [5.41, 5.74) is 0.527. The highest BCUT2D eigenvalue weighted by atomic mass is 79.9. The van der Waals surface area contributed by atoms with Gasteiger partial charge >= 0.3 is 5.97 Å². The number of ketones is 1. The molecule has 0 radical (unpaired) electrons. The lowest BCUT2D eigenvalue weighted by Gasteiger charge is -2.35. The van der Waals surface area contributed by atoms with Crippen LogP contribution >= 0.6 is 15.9 Å². The maximum absolute atomic E-state index is 13.1. The van der Waals surface area contributed by atoms with Gasteiger partial charge in [-0.3, -0.25) is 9.35 Å². The van der Waals surface area contributed by atoms with Crippen LogP contribution < -0.4 is 0 Å². The standard InChI is InChI=1S/C17H14FNO2.C10H15BrO4S/c18-15-8-6-14(7-9-15)16-17(20)21-11-10-19(16)12-13-4-2-1-3-5-13;1-9-4-3-6(7(11)8(9)12)10(9,2)5-16(13,14)15/h1-11,16H,12H2;6-7H,3-5H2,1-2H3,(H,13,14,15)/t;6?,7-,9?,10?/m.0/s1. The van der Waals surface area contributed by atoms with Crippen molar-refractivity contribution in [1.82, 2.24) is 4.90 Å². The van der Waals surface area contributed by atoms with Crippen molar-refractivity contribution in [2.45, 2.75) is 44.1 Å². The monoisotopic (exact) mass is 593 g/mol. The fourth-order valence-corrected chi connectivity index (χ4v) is 8.48. The molecular formula is C27H29BrFNO6S. The molecule has 2 aromatic rings. The van der Waals surface area contributed by atoms with Crippen LogP contribution in [0.15, 0.2) is 67.1 Å². The van der Waals surface area contributed by atoms with Crippen LogP contribution in [-0.4, -0.2) is 40.2 Å². The molecule has 7 nitrogen and oxygen atoms in total. The average molecular weight is 594 g/mol. The molecule has 0 amide bonds. The molecule has 1 aliphatic heterocycles. The van der Waals surface area contributed by atoms with Crippen molar-refractivity contribution in [3.8, 4) is 0 Å². The van der Waals surface area contributed by atoms with Gasteiger partial charge in [0.2, 0.25) is 0 Å². The van der Waals surface area contributed by atoms with Crippen LogP contribution in [0.5, 0.6) is 0 Å². The fourth-order valence-electron chi connectivity index (χ4n) is 5.84. The Labute approximate surface area is 224 Å². The zero-order chi connectivity index (χ0) is 27.0. The van der Waals surface area contributed by atoms with Gasteiger partial charge in [-0.1, -0.05) is 72.2 Å². The Bertz CT molecular complexity index is 1300. The second kappa shape index (κ2) is 10.3. The van der Waals surface area contributed by atoms with E-state index in [9.17, 15) is 22.4 Å². The summed E-state index contributed by atoms with van der Waals surface area (Å²) >= 11 is 3.35. The number of nitrogens with zero attached hydrogens (tertiary/aromatic N) is 1. The van der Waals surface area contributed by atoms with Crippen molar-refractivity contribution >= 4 is 37.8 Å². The lowest BCUT2D eigenvalue weighted by molar-refractivity contribution is -0.146. The first kappa shape index (κ1) is 27.5. The number of esters is 1. The molecule has 2 fully saturated rings. The van der Waals surface area contributed by atoms with Gasteiger partial charge in [-0.15, -0.1) is 0 Å². The van der Waals surface area contributed by atoms with Crippen molar-refractivity contribution in [3.05, 3.63) is 84.0 Å². The summed E-state index contributed by atoms with van der Waals surface area (Å²) in [5.74, 6) is -0.926. The molecule has 0 saturated heterocycles. The minimum Gasteiger partial charge on any atom is -0.431 e. The molecule has 2 saturated carbocycles. The number of carbonyl (C=O) groups is 2. The number of benzene rings is 2. The molecule has 198 valence electrons. The Hall–Kier alpha value is -2.56. The van der Waals surface area contributed by atoms with E-state index < -0.39 is 27.0 Å². The van der Waals surface area contributed by atoms with Crippen LogP contribution in [0.1, 0.15) is 43.9 Å². The summed E-state index contributed by atoms with van der Waals surface area (Å²) in [6.07, 6.45) is 4.67. The summed E-state index contributed by atoms with van der Waals surface area (Å²) in [4.78, 5) is 25.8. The molecule has 1 heterocycles. The van der Waals surface area contributed by atoms with Crippen molar-refractivity contribution in [1.29, 1.82) is 0 Å². The zero-order valence-electron chi connectivity index (χ0n) is 20.5. The summed E-state index contributed by atoms with van der Waals surface area (Å²) in [5, 5.41) is 0. The molecule has 0 spiro atoms.